The Bertz CT molecular complexity index is 1190. The first-order valence-corrected chi connectivity index (χ1v) is 13.8. The molecule has 3 unspecified atom stereocenters. The van der Waals surface area contributed by atoms with E-state index in [0.29, 0.717) is 24.8 Å². The number of aliphatic hydroxyl groups is 2. The number of rotatable bonds is 10. The highest BCUT2D eigenvalue weighted by Crippen LogP contribution is 2.41. The average Bonchev–Trinajstić information content (AvgIpc) is 2.89. The number of fused-ring (bicyclic) bond motifs is 1. The quantitative estimate of drug-likeness (QED) is 0.237. The molecule has 42 heavy (non-hydrogen) atoms. The van der Waals surface area contributed by atoms with Gasteiger partial charge in [-0.25, -0.2) is 0 Å². The third-order valence-electron chi connectivity index (χ3n) is 6.89. The molecule has 1 aliphatic carbocycles. The Morgan fingerprint density at radius 1 is 1.10 bits per heavy atom. The monoisotopic (exact) mass is 593 g/mol. The standard InChI is InChI=1S/C27H32O6.C3H6O2.C2H7N.H2O.2H2/c1-16-4-3-5-19(10-16)21-6-7-24(31)27-22(21)13-18(14-26(27)33)12-20(8-9-28)23(15-29)25(32)11-17(2)30;1-3(4)5-2;1-3-2;;;/h3-7,10,18,20,23,28-29,31H,8-9,11-15H2,1-2H3;1-2H3;3H,1-2H3;1H2;2*1H. The normalized spacial score (nSPS) is 14.9. The van der Waals surface area contributed by atoms with Crippen molar-refractivity contribution < 1.29 is 47.6 Å². The van der Waals surface area contributed by atoms with Crippen molar-refractivity contribution in [3.8, 4) is 16.9 Å². The van der Waals surface area contributed by atoms with Crippen molar-refractivity contribution in [3.63, 3.8) is 0 Å². The first-order valence-electron chi connectivity index (χ1n) is 13.8. The van der Waals surface area contributed by atoms with Crippen LogP contribution in [0.1, 0.15) is 63.9 Å². The Labute approximate surface area is 251 Å². The zero-order valence-corrected chi connectivity index (χ0v) is 25.5. The molecule has 0 aliphatic heterocycles. The Morgan fingerprint density at radius 3 is 2.21 bits per heavy atom. The third kappa shape index (κ3) is 11.8. The van der Waals surface area contributed by atoms with E-state index in [1.165, 1.54) is 21.0 Å². The van der Waals surface area contributed by atoms with Crippen LogP contribution in [0.5, 0.6) is 5.75 Å². The Balaban J connectivity index is -0.00000137. The lowest BCUT2D eigenvalue weighted by atomic mass is 9.72. The van der Waals surface area contributed by atoms with Gasteiger partial charge < -0.3 is 30.8 Å². The molecule has 10 nitrogen and oxygen atoms in total. The van der Waals surface area contributed by atoms with Crippen LogP contribution in [0.25, 0.3) is 11.1 Å². The number of Topliss-reactive ketones (excluding diaryl/α,β-unsaturated/α-hetero) is 3. The van der Waals surface area contributed by atoms with E-state index in [-0.39, 0.29) is 68.7 Å². The van der Waals surface area contributed by atoms with Crippen LogP contribution in [0.3, 0.4) is 0 Å². The summed E-state index contributed by atoms with van der Waals surface area (Å²) in [6, 6.07) is 11.4. The van der Waals surface area contributed by atoms with E-state index in [0.717, 1.165) is 22.3 Å². The van der Waals surface area contributed by atoms with Crippen LogP contribution >= 0.6 is 0 Å². The summed E-state index contributed by atoms with van der Waals surface area (Å²) in [5.41, 5.74) is 4.10. The van der Waals surface area contributed by atoms with Gasteiger partial charge in [-0.15, -0.1) is 0 Å². The molecule has 6 N–H and O–H groups in total. The van der Waals surface area contributed by atoms with Crippen molar-refractivity contribution >= 4 is 23.3 Å². The molecule has 0 bridgehead atoms. The Hall–Kier alpha value is -3.44. The summed E-state index contributed by atoms with van der Waals surface area (Å²) < 4.78 is 4.11. The topological polar surface area (TPSA) is 182 Å². The number of carbonyl (C=O) groups is 4. The largest absolute Gasteiger partial charge is 0.507 e. The lowest BCUT2D eigenvalue weighted by molar-refractivity contribution is -0.138. The van der Waals surface area contributed by atoms with Gasteiger partial charge in [0.2, 0.25) is 0 Å². The fourth-order valence-corrected chi connectivity index (χ4v) is 5.10. The van der Waals surface area contributed by atoms with Crippen molar-refractivity contribution in [2.45, 2.75) is 52.9 Å². The number of aliphatic hydroxyl groups excluding tert-OH is 2. The zero-order chi connectivity index (χ0) is 31.1. The second-order valence-corrected chi connectivity index (χ2v) is 10.4. The minimum Gasteiger partial charge on any atom is -0.507 e. The molecule has 0 spiro atoms. The molecule has 1 aliphatic rings. The van der Waals surface area contributed by atoms with Crippen LogP contribution < -0.4 is 5.32 Å². The van der Waals surface area contributed by atoms with E-state index < -0.39 is 12.5 Å². The van der Waals surface area contributed by atoms with E-state index in [9.17, 15) is 34.5 Å². The third-order valence-corrected chi connectivity index (χ3v) is 6.89. The maximum Gasteiger partial charge on any atom is 0.302 e. The molecule has 0 radical (unpaired) electrons. The van der Waals surface area contributed by atoms with E-state index in [2.05, 4.69) is 10.1 Å². The molecule has 0 saturated heterocycles. The summed E-state index contributed by atoms with van der Waals surface area (Å²) in [7, 11) is 5.10. The molecule has 0 saturated carbocycles. The average molecular weight is 594 g/mol. The predicted octanol–water partition coefficient (Wildman–Crippen LogP) is 3.34. The Kier molecular flexibility index (Phi) is 18.0. The summed E-state index contributed by atoms with van der Waals surface area (Å²) in [5.74, 6) is -2.21. The molecule has 2 aromatic rings. The van der Waals surface area contributed by atoms with E-state index in [1.807, 2.05) is 51.4 Å². The van der Waals surface area contributed by atoms with Crippen LogP contribution in [0, 0.1) is 24.7 Å². The number of ketones is 3. The van der Waals surface area contributed by atoms with Crippen molar-refractivity contribution in [2.24, 2.45) is 17.8 Å². The van der Waals surface area contributed by atoms with E-state index >= 15 is 0 Å². The molecule has 0 fully saturated rings. The molecule has 2 aromatic carbocycles. The number of ether oxygens (including phenoxy) is 1. The SMILES string of the molecule is CC(=O)CC(=O)C(CO)C(CCO)CC1CC(=O)c2c(O)ccc(-c3cccc(C)c3)c2C1.CNC.COC(C)=O.O.[HH].[HH]. The fourth-order valence-electron chi connectivity index (χ4n) is 5.10. The highest BCUT2D eigenvalue weighted by Gasteiger charge is 2.35. The number of hydrogen-bond donors (Lipinski definition) is 4. The minimum absolute atomic E-state index is 0. The predicted molar refractivity (Wildman–Crippen MR) is 166 cm³/mol. The van der Waals surface area contributed by atoms with Crippen LogP contribution in [-0.2, 0) is 25.5 Å². The number of aryl methyl sites for hydroxylation is 1. The van der Waals surface area contributed by atoms with Crippen molar-refractivity contribution in [3.05, 3.63) is 53.1 Å². The van der Waals surface area contributed by atoms with Crippen molar-refractivity contribution in [1.82, 2.24) is 5.32 Å². The lowest BCUT2D eigenvalue weighted by Gasteiger charge is -2.31. The zero-order valence-electron chi connectivity index (χ0n) is 25.5. The number of aromatic hydroxyl groups is 1. The van der Waals surface area contributed by atoms with Crippen LogP contribution in [-0.4, -0.2) is 78.5 Å². The second kappa shape index (κ2) is 19.6. The summed E-state index contributed by atoms with van der Waals surface area (Å²) in [6.07, 6.45) is 1.28. The van der Waals surface area contributed by atoms with Crippen molar-refractivity contribution in [2.75, 3.05) is 34.4 Å². The highest BCUT2D eigenvalue weighted by molar-refractivity contribution is 6.03. The van der Waals surface area contributed by atoms with Gasteiger partial charge in [0.1, 0.15) is 17.3 Å². The second-order valence-electron chi connectivity index (χ2n) is 10.4. The van der Waals surface area contributed by atoms with Gasteiger partial charge in [0.15, 0.2) is 5.78 Å². The number of benzene rings is 2. The molecule has 10 heteroatoms. The number of esters is 1. The number of nitrogens with one attached hydrogen (secondary N) is 1. The summed E-state index contributed by atoms with van der Waals surface area (Å²) in [4.78, 5) is 46.6. The maximum absolute atomic E-state index is 13.1. The van der Waals surface area contributed by atoms with Crippen LogP contribution in [0.2, 0.25) is 0 Å². The van der Waals surface area contributed by atoms with Crippen LogP contribution in [0.4, 0.5) is 0 Å². The van der Waals surface area contributed by atoms with Gasteiger partial charge in [0.25, 0.3) is 0 Å². The van der Waals surface area contributed by atoms with Gasteiger partial charge >= 0.3 is 5.97 Å². The van der Waals surface area contributed by atoms with Gasteiger partial charge in [0, 0.05) is 28.7 Å². The maximum atomic E-state index is 13.1. The molecule has 3 atom stereocenters. The Morgan fingerprint density at radius 2 is 1.71 bits per heavy atom. The molecule has 3 rings (SSSR count). The van der Waals surface area contributed by atoms with Crippen LogP contribution in [0.15, 0.2) is 36.4 Å². The minimum atomic E-state index is -0.752. The van der Waals surface area contributed by atoms with Gasteiger partial charge in [-0.05, 0) is 81.8 Å². The van der Waals surface area contributed by atoms with Gasteiger partial charge in [-0.2, -0.15) is 0 Å². The van der Waals surface area contributed by atoms with E-state index in [1.54, 1.807) is 6.07 Å². The highest BCUT2D eigenvalue weighted by atomic mass is 16.5. The van der Waals surface area contributed by atoms with Gasteiger partial charge in [0.05, 0.1) is 25.7 Å². The number of phenols is 1. The fraction of sp³-hybridized carbons (Fsp3) is 0.500. The summed E-state index contributed by atoms with van der Waals surface area (Å²) in [5, 5.41) is 32.6. The smallest absolute Gasteiger partial charge is 0.302 e. The van der Waals surface area contributed by atoms with Gasteiger partial charge in [-0.1, -0.05) is 35.9 Å². The van der Waals surface area contributed by atoms with Crippen molar-refractivity contribution in [1.29, 1.82) is 0 Å². The van der Waals surface area contributed by atoms with E-state index in [4.69, 9.17) is 0 Å². The van der Waals surface area contributed by atoms with Gasteiger partial charge in [-0.3, -0.25) is 19.2 Å². The first-order chi connectivity index (χ1) is 19.4. The number of methoxy groups -OCH3 is 1. The molecule has 238 valence electrons. The summed E-state index contributed by atoms with van der Waals surface area (Å²) >= 11 is 0. The molecular weight excluding hydrogens is 542 g/mol. The number of hydrogen-bond acceptors (Lipinski definition) is 9. The molecule has 0 amide bonds. The molecular formula is C32H51NO9. The summed E-state index contributed by atoms with van der Waals surface area (Å²) in [6.45, 7) is 4.14. The lowest BCUT2D eigenvalue weighted by Crippen LogP contribution is -2.32. The number of carbonyl (C=O) groups excluding carboxylic acids is 4. The number of phenolic OH excluding ortho intramolecular Hbond substituents is 1. The molecule has 0 aromatic heterocycles. The first kappa shape index (κ1) is 38.6. The molecule has 0 heterocycles.